The van der Waals surface area contributed by atoms with Crippen molar-refractivity contribution in [2.24, 2.45) is 0 Å². The van der Waals surface area contributed by atoms with Crippen molar-refractivity contribution in [1.82, 2.24) is 5.32 Å². The molecule has 0 spiro atoms. The maximum atomic E-state index is 11.5. The SMILES string of the molecule is CC(C)(C)OC(=O)NC1=CCC(Br)C=C1Br. The highest BCUT2D eigenvalue weighted by atomic mass is 79.9. The van der Waals surface area contributed by atoms with Gasteiger partial charge in [-0.2, -0.15) is 0 Å². The maximum Gasteiger partial charge on any atom is 0.412 e. The van der Waals surface area contributed by atoms with Gasteiger partial charge in [-0.1, -0.05) is 28.1 Å². The Labute approximate surface area is 113 Å². The van der Waals surface area contributed by atoms with Crippen LogP contribution in [0, 0.1) is 0 Å². The molecule has 3 nitrogen and oxygen atoms in total. The first-order chi connectivity index (χ1) is 7.28. The molecule has 1 rings (SSSR count). The summed E-state index contributed by atoms with van der Waals surface area (Å²) in [5, 5.41) is 2.71. The molecule has 1 N–H and O–H groups in total. The second kappa shape index (κ2) is 5.36. The molecule has 0 saturated heterocycles. The third-order valence-electron chi connectivity index (χ3n) is 1.77. The number of hydrogen-bond donors (Lipinski definition) is 1. The first kappa shape index (κ1) is 13.8. The number of ether oxygens (including phenoxy) is 1. The predicted octanol–water partition coefficient (Wildman–Crippen LogP) is 3.84. The highest BCUT2D eigenvalue weighted by Crippen LogP contribution is 2.25. The van der Waals surface area contributed by atoms with Gasteiger partial charge >= 0.3 is 6.09 Å². The zero-order valence-corrected chi connectivity index (χ0v) is 12.7. The van der Waals surface area contributed by atoms with Crippen molar-refractivity contribution in [2.45, 2.75) is 37.6 Å². The number of carbonyl (C=O) groups excluding carboxylic acids is 1. The van der Waals surface area contributed by atoms with Crippen LogP contribution in [0.25, 0.3) is 0 Å². The first-order valence-corrected chi connectivity index (χ1v) is 6.71. The van der Waals surface area contributed by atoms with Gasteiger partial charge in [-0.15, -0.1) is 0 Å². The molecule has 1 amide bonds. The summed E-state index contributed by atoms with van der Waals surface area (Å²) in [6.45, 7) is 5.50. The van der Waals surface area contributed by atoms with E-state index in [9.17, 15) is 4.79 Å². The van der Waals surface area contributed by atoms with Gasteiger partial charge in [0.1, 0.15) is 5.60 Å². The van der Waals surface area contributed by atoms with E-state index >= 15 is 0 Å². The summed E-state index contributed by atoms with van der Waals surface area (Å²) in [4.78, 5) is 11.8. The van der Waals surface area contributed by atoms with Crippen molar-refractivity contribution in [3.63, 3.8) is 0 Å². The topological polar surface area (TPSA) is 38.3 Å². The lowest BCUT2D eigenvalue weighted by Gasteiger charge is -2.21. The van der Waals surface area contributed by atoms with Crippen LogP contribution >= 0.6 is 31.9 Å². The Hall–Kier alpha value is -0.290. The summed E-state index contributed by atoms with van der Waals surface area (Å²) in [5.74, 6) is 0. The van der Waals surface area contributed by atoms with Crippen LogP contribution < -0.4 is 5.32 Å². The van der Waals surface area contributed by atoms with Gasteiger partial charge in [0.05, 0.1) is 5.70 Å². The van der Waals surface area contributed by atoms with Crippen LogP contribution in [0.4, 0.5) is 4.79 Å². The maximum absolute atomic E-state index is 11.5. The molecule has 0 aromatic carbocycles. The molecule has 1 unspecified atom stereocenters. The Kier molecular flexibility index (Phi) is 4.62. The fourth-order valence-corrected chi connectivity index (χ4v) is 2.55. The molecular formula is C11H15Br2NO2. The predicted molar refractivity (Wildman–Crippen MR) is 71.8 cm³/mol. The molecule has 0 aromatic rings. The molecule has 0 bridgehead atoms. The zero-order valence-electron chi connectivity index (χ0n) is 9.51. The third kappa shape index (κ3) is 4.70. The number of alkyl halides is 1. The number of rotatable bonds is 1. The number of halogens is 2. The monoisotopic (exact) mass is 351 g/mol. The van der Waals surface area contributed by atoms with E-state index in [1.54, 1.807) is 0 Å². The van der Waals surface area contributed by atoms with Crippen LogP contribution in [0.1, 0.15) is 27.2 Å². The zero-order chi connectivity index (χ0) is 12.3. The van der Waals surface area contributed by atoms with Crippen molar-refractivity contribution in [3.05, 3.63) is 22.3 Å². The number of allylic oxidation sites excluding steroid dienone is 3. The minimum absolute atomic E-state index is 0.311. The van der Waals surface area contributed by atoms with Gasteiger partial charge in [0.15, 0.2) is 0 Å². The molecule has 0 aliphatic heterocycles. The Bertz CT molecular complexity index is 342. The van der Waals surface area contributed by atoms with Crippen molar-refractivity contribution in [3.8, 4) is 0 Å². The third-order valence-corrected chi connectivity index (χ3v) is 3.10. The van der Waals surface area contributed by atoms with E-state index in [1.807, 2.05) is 32.9 Å². The second-order valence-electron chi connectivity index (χ2n) is 4.51. The Balaban J connectivity index is 2.56. The number of carbonyl (C=O) groups is 1. The van der Waals surface area contributed by atoms with Crippen molar-refractivity contribution in [2.75, 3.05) is 0 Å². The molecule has 0 heterocycles. The van der Waals surface area contributed by atoms with Crippen LogP contribution in [0.3, 0.4) is 0 Å². The van der Waals surface area contributed by atoms with Crippen LogP contribution in [0.5, 0.6) is 0 Å². The van der Waals surface area contributed by atoms with Gasteiger partial charge < -0.3 is 4.74 Å². The molecule has 16 heavy (non-hydrogen) atoms. The fourth-order valence-electron chi connectivity index (χ4n) is 1.17. The first-order valence-electron chi connectivity index (χ1n) is 5.00. The lowest BCUT2D eigenvalue weighted by Crippen LogP contribution is -2.32. The van der Waals surface area contributed by atoms with Crippen LogP contribution in [0.2, 0.25) is 0 Å². The van der Waals surface area contributed by atoms with Crippen molar-refractivity contribution in [1.29, 1.82) is 0 Å². The van der Waals surface area contributed by atoms with Gasteiger partial charge in [-0.25, -0.2) is 4.79 Å². The van der Waals surface area contributed by atoms with Gasteiger partial charge in [-0.3, -0.25) is 5.32 Å². The minimum Gasteiger partial charge on any atom is -0.444 e. The van der Waals surface area contributed by atoms with E-state index in [0.717, 1.165) is 16.6 Å². The molecule has 0 aromatic heterocycles. The smallest absolute Gasteiger partial charge is 0.412 e. The van der Waals surface area contributed by atoms with Crippen molar-refractivity contribution < 1.29 is 9.53 Å². The lowest BCUT2D eigenvalue weighted by molar-refractivity contribution is 0.0547. The van der Waals surface area contributed by atoms with Gasteiger partial charge in [0.2, 0.25) is 0 Å². The van der Waals surface area contributed by atoms with Crippen LogP contribution in [-0.2, 0) is 4.74 Å². The summed E-state index contributed by atoms with van der Waals surface area (Å²) in [5.41, 5.74) is 0.276. The highest BCUT2D eigenvalue weighted by molar-refractivity contribution is 9.12. The molecule has 1 atom stereocenters. The molecular weight excluding hydrogens is 338 g/mol. The van der Waals surface area contributed by atoms with E-state index in [2.05, 4.69) is 37.2 Å². The van der Waals surface area contributed by atoms with E-state index in [0.29, 0.717) is 4.83 Å². The number of hydrogen-bond acceptors (Lipinski definition) is 2. The second-order valence-corrected chi connectivity index (χ2v) is 6.54. The van der Waals surface area contributed by atoms with E-state index in [1.165, 1.54) is 0 Å². The van der Waals surface area contributed by atoms with E-state index in [4.69, 9.17) is 4.74 Å². The molecule has 5 heteroatoms. The quantitative estimate of drug-likeness (QED) is 0.728. The normalized spacial score (nSPS) is 20.9. The lowest BCUT2D eigenvalue weighted by atomic mass is 10.1. The highest BCUT2D eigenvalue weighted by Gasteiger charge is 2.19. The standard InChI is InChI=1S/C11H15Br2NO2/c1-11(2,3)16-10(15)14-9-5-4-7(12)6-8(9)13/h5-7H,4H2,1-3H3,(H,14,15). The van der Waals surface area contributed by atoms with Crippen molar-refractivity contribution >= 4 is 38.0 Å². The average Bonchev–Trinajstić information content (AvgIpc) is 2.06. The molecule has 1 aliphatic carbocycles. The Morgan fingerprint density at radius 3 is 2.69 bits per heavy atom. The average molecular weight is 353 g/mol. The Morgan fingerprint density at radius 1 is 1.56 bits per heavy atom. The van der Waals surface area contributed by atoms with E-state index in [-0.39, 0.29) is 0 Å². The van der Waals surface area contributed by atoms with Crippen LogP contribution in [-0.4, -0.2) is 16.5 Å². The van der Waals surface area contributed by atoms with Crippen LogP contribution in [0.15, 0.2) is 22.3 Å². The fraction of sp³-hybridized carbons (Fsp3) is 0.545. The largest absolute Gasteiger partial charge is 0.444 e. The van der Waals surface area contributed by atoms with Gasteiger partial charge in [-0.05, 0) is 43.1 Å². The van der Waals surface area contributed by atoms with E-state index < -0.39 is 11.7 Å². The number of alkyl carbamates (subject to hydrolysis) is 1. The summed E-state index contributed by atoms with van der Waals surface area (Å²) in [7, 11) is 0. The number of nitrogens with one attached hydrogen (secondary N) is 1. The van der Waals surface area contributed by atoms with Gasteiger partial charge in [0, 0.05) is 9.31 Å². The summed E-state index contributed by atoms with van der Waals surface area (Å²) < 4.78 is 6.03. The Morgan fingerprint density at radius 2 is 2.19 bits per heavy atom. The van der Waals surface area contributed by atoms with Gasteiger partial charge in [0.25, 0.3) is 0 Å². The molecule has 0 fully saturated rings. The summed E-state index contributed by atoms with van der Waals surface area (Å²) >= 11 is 6.87. The molecule has 0 saturated carbocycles. The molecule has 90 valence electrons. The molecule has 1 aliphatic rings. The molecule has 0 radical (unpaired) electrons. The minimum atomic E-state index is -0.479. The number of amides is 1. The summed E-state index contributed by atoms with van der Waals surface area (Å²) in [6, 6.07) is 0. The summed E-state index contributed by atoms with van der Waals surface area (Å²) in [6.07, 6.45) is 4.36.